The largest absolute Gasteiger partial charge is 0.493 e. The summed E-state index contributed by atoms with van der Waals surface area (Å²) >= 11 is 0. The number of hydrogen-bond acceptors (Lipinski definition) is 3. The molecule has 0 aromatic heterocycles. The first-order valence-electron chi connectivity index (χ1n) is 7.60. The van der Waals surface area contributed by atoms with Gasteiger partial charge in [-0.25, -0.2) is 0 Å². The Balaban J connectivity index is 2.09. The number of rotatable bonds is 7. The van der Waals surface area contributed by atoms with E-state index in [1.54, 1.807) is 0 Å². The van der Waals surface area contributed by atoms with Gasteiger partial charge in [0.05, 0.1) is 6.61 Å². The summed E-state index contributed by atoms with van der Waals surface area (Å²) in [6, 6.07) is 14.3. The van der Waals surface area contributed by atoms with Crippen LogP contribution in [0.15, 0.2) is 42.5 Å². The van der Waals surface area contributed by atoms with Gasteiger partial charge in [0, 0.05) is 29.2 Å². The number of nitrogens with two attached hydrogens (primary N) is 1. The first-order chi connectivity index (χ1) is 10.2. The molecular formula is C18H24N2O. The SMILES string of the molecule is CCCOc1cc(N)cc(Nc2ccc(CCC)cc2)c1. The maximum absolute atomic E-state index is 5.93. The minimum Gasteiger partial charge on any atom is -0.493 e. The Morgan fingerprint density at radius 2 is 1.71 bits per heavy atom. The highest BCUT2D eigenvalue weighted by molar-refractivity contribution is 5.66. The predicted molar refractivity (Wildman–Crippen MR) is 90.4 cm³/mol. The Hall–Kier alpha value is -2.16. The second-order valence-electron chi connectivity index (χ2n) is 5.21. The zero-order valence-corrected chi connectivity index (χ0v) is 12.9. The lowest BCUT2D eigenvalue weighted by Gasteiger charge is -2.11. The van der Waals surface area contributed by atoms with Crippen LogP contribution < -0.4 is 15.8 Å². The van der Waals surface area contributed by atoms with Crippen LogP contribution in [0.25, 0.3) is 0 Å². The molecule has 2 aromatic rings. The number of benzene rings is 2. The molecule has 0 radical (unpaired) electrons. The lowest BCUT2D eigenvalue weighted by atomic mass is 10.1. The van der Waals surface area contributed by atoms with Gasteiger partial charge in [0.1, 0.15) is 5.75 Å². The van der Waals surface area contributed by atoms with Crippen molar-refractivity contribution in [3.8, 4) is 5.75 Å². The lowest BCUT2D eigenvalue weighted by Crippen LogP contribution is -1.98. The van der Waals surface area contributed by atoms with Crippen molar-refractivity contribution in [1.82, 2.24) is 0 Å². The molecule has 3 N–H and O–H groups in total. The van der Waals surface area contributed by atoms with Crippen LogP contribution in [0.5, 0.6) is 5.75 Å². The highest BCUT2D eigenvalue weighted by Gasteiger charge is 2.01. The molecule has 0 atom stereocenters. The smallest absolute Gasteiger partial charge is 0.123 e. The molecule has 2 rings (SSSR count). The Morgan fingerprint density at radius 3 is 2.38 bits per heavy atom. The second-order valence-corrected chi connectivity index (χ2v) is 5.21. The van der Waals surface area contributed by atoms with E-state index in [0.29, 0.717) is 12.3 Å². The first-order valence-corrected chi connectivity index (χ1v) is 7.60. The van der Waals surface area contributed by atoms with Crippen molar-refractivity contribution in [3.63, 3.8) is 0 Å². The topological polar surface area (TPSA) is 47.3 Å². The van der Waals surface area contributed by atoms with Gasteiger partial charge in [-0.2, -0.15) is 0 Å². The molecule has 0 fully saturated rings. The van der Waals surface area contributed by atoms with Crippen LogP contribution in [0.3, 0.4) is 0 Å². The molecule has 0 unspecified atom stereocenters. The van der Waals surface area contributed by atoms with Gasteiger partial charge in [-0.15, -0.1) is 0 Å². The van der Waals surface area contributed by atoms with Crippen molar-refractivity contribution in [1.29, 1.82) is 0 Å². The molecule has 0 spiro atoms. The predicted octanol–water partition coefficient (Wildman–Crippen LogP) is 4.75. The number of aryl methyl sites for hydroxylation is 1. The summed E-state index contributed by atoms with van der Waals surface area (Å²) in [5, 5.41) is 3.37. The van der Waals surface area contributed by atoms with Crippen LogP contribution >= 0.6 is 0 Å². The van der Waals surface area contributed by atoms with Crippen molar-refractivity contribution >= 4 is 17.1 Å². The van der Waals surface area contributed by atoms with E-state index in [0.717, 1.165) is 30.0 Å². The lowest BCUT2D eigenvalue weighted by molar-refractivity contribution is 0.318. The average Bonchev–Trinajstić information content (AvgIpc) is 2.47. The molecule has 0 aliphatic heterocycles. The maximum Gasteiger partial charge on any atom is 0.123 e. The summed E-state index contributed by atoms with van der Waals surface area (Å²) in [7, 11) is 0. The molecular weight excluding hydrogens is 260 g/mol. The third kappa shape index (κ3) is 4.71. The number of ether oxygens (including phenoxy) is 1. The van der Waals surface area contributed by atoms with Crippen LogP contribution in [-0.4, -0.2) is 6.61 Å². The summed E-state index contributed by atoms with van der Waals surface area (Å²) in [4.78, 5) is 0. The van der Waals surface area contributed by atoms with E-state index >= 15 is 0 Å². The number of hydrogen-bond donors (Lipinski definition) is 2. The zero-order valence-electron chi connectivity index (χ0n) is 12.9. The fraction of sp³-hybridized carbons (Fsp3) is 0.333. The Kier molecular flexibility index (Phi) is 5.50. The average molecular weight is 284 g/mol. The van der Waals surface area contributed by atoms with Gasteiger partial charge in [-0.05, 0) is 36.6 Å². The molecule has 21 heavy (non-hydrogen) atoms. The summed E-state index contributed by atoms with van der Waals surface area (Å²) < 4.78 is 5.65. The third-order valence-corrected chi connectivity index (χ3v) is 3.18. The van der Waals surface area contributed by atoms with E-state index in [4.69, 9.17) is 10.5 Å². The fourth-order valence-corrected chi connectivity index (χ4v) is 2.21. The van der Waals surface area contributed by atoms with E-state index in [2.05, 4.69) is 43.4 Å². The van der Waals surface area contributed by atoms with Crippen LogP contribution in [0, 0.1) is 0 Å². The Labute approximate surface area is 127 Å². The summed E-state index contributed by atoms with van der Waals surface area (Å²) in [5.41, 5.74) is 10.0. The van der Waals surface area contributed by atoms with Crippen LogP contribution in [0.4, 0.5) is 17.1 Å². The van der Waals surface area contributed by atoms with Gasteiger partial charge in [-0.1, -0.05) is 32.4 Å². The Bertz CT molecular complexity index is 564. The van der Waals surface area contributed by atoms with Crippen LogP contribution in [-0.2, 0) is 6.42 Å². The second kappa shape index (κ2) is 7.58. The number of nitrogens with one attached hydrogen (secondary N) is 1. The van der Waals surface area contributed by atoms with Gasteiger partial charge in [0.15, 0.2) is 0 Å². The summed E-state index contributed by atoms with van der Waals surface area (Å²) in [6.45, 7) is 4.98. The van der Waals surface area contributed by atoms with Gasteiger partial charge >= 0.3 is 0 Å². The van der Waals surface area contributed by atoms with E-state index in [9.17, 15) is 0 Å². The molecule has 0 amide bonds. The molecule has 0 heterocycles. The fourth-order valence-electron chi connectivity index (χ4n) is 2.21. The quantitative estimate of drug-likeness (QED) is 0.721. The summed E-state index contributed by atoms with van der Waals surface area (Å²) in [5.74, 6) is 0.807. The number of anilines is 3. The summed E-state index contributed by atoms with van der Waals surface area (Å²) in [6.07, 6.45) is 3.27. The normalized spacial score (nSPS) is 10.4. The van der Waals surface area contributed by atoms with Crippen molar-refractivity contribution in [2.45, 2.75) is 33.1 Å². The molecule has 0 aliphatic rings. The van der Waals surface area contributed by atoms with E-state index in [1.807, 2.05) is 18.2 Å². The molecule has 0 aliphatic carbocycles. The minimum atomic E-state index is 0.703. The van der Waals surface area contributed by atoms with E-state index in [-0.39, 0.29) is 0 Å². The molecule has 2 aromatic carbocycles. The standard InChI is InChI=1S/C18H24N2O/c1-3-5-14-6-8-16(9-7-14)20-17-11-15(19)12-18(13-17)21-10-4-2/h6-9,11-13,20H,3-5,10,19H2,1-2H3. The van der Waals surface area contributed by atoms with Gasteiger partial charge in [0.2, 0.25) is 0 Å². The van der Waals surface area contributed by atoms with Crippen molar-refractivity contribution in [2.75, 3.05) is 17.7 Å². The monoisotopic (exact) mass is 284 g/mol. The number of nitrogen functional groups attached to an aromatic ring is 1. The van der Waals surface area contributed by atoms with Gasteiger partial charge in [0.25, 0.3) is 0 Å². The van der Waals surface area contributed by atoms with Gasteiger partial charge in [-0.3, -0.25) is 0 Å². The maximum atomic E-state index is 5.93. The molecule has 3 nitrogen and oxygen atoms in total. The third-order valence-electron chi connectivity index (χ3n) is 3.18. The first kappa shape index (κ1) is 15.2. The van der Waals surface area contributed by atoms with Crippen molar-refractivity contribution in [3.05, 3.63) is 48.0 Å². The van der Waals surface area contributed by atoms with Crippen LogP contribution in [0.1, 0.15) is 32.3 Å². The van der Waals surface area contributed by atoms with E-state index in [1.165, 1.54) is 12.0 Å². The van der Waals surface area contributed by atoms with E-state index < -0.39 is 0 Å². The molecule has 0 saturated heterocycles. The van der Waals surface area contributed by atoms with Crippen molar-refractivity contribution in [2.24, 2.45) is 0 Å². The van der Waals surface area contributed by atoms with Gasteiger partial charge < -0.3 is 15.8 Å². The molecule has 3 heteroatoms. The minimum absolute atomic E-state index is 0.703. The molecule has 112 valence electrons. The highest BCUT2D eigenvalue weighted by atomic mass is 16.5. The molecule has 0 saturated carbocycles. The molecule has 0 bridgehead atoms. The van der Waals surface area contributed by atoms with Crippen molar-refractivity contribution < 1.29 is 4.74 Å². The Morgan fingerprint density at radius 1 is 0.952 bits per heavy atom. The zero-order chi connectivity index (χ0) is 15.1. The highest BCUT2D eigenvalue weighted by Crippen LogP contribution is 2.25. The van der Waals surface area contributed by atoms with Crippen LogP contribution in [0.2, 0.25) is 0 Å².